The average molecular weight is 255 g/mol. The van der Waals surface area contributed by atoms with Gasteiger partial charge in [-0.15, -0.1) is 0 Å². The van der Waals surface area contributed by atoms with Gasteiger partial charge in [0.15, 0.2) is 0 Å². The smallest absolute Gasteiger partial charge is 0.0793 e. The van der Waals surface area contributed by atoms with Crippen molar-refractivity contribution >= 4 is 11.6 Å². The summed E-state index contributed by atoms with van der Waals surface area (Å²) in [6.07, 6.45) is 2.51. The zero-order valence-corrected chi connectivity index (χ0v) is 10.9. The molecule has 1 fully saturated rings. The van der Waals surface area contributed by atoms with Crippen LogP contribution in [0.2, 0.25) is 5.02 Å². The number of aliphatic hydroxyl groups is 1. The molecule has 1 aliphatic heterocycles. The van der Waals surface area contributed by atoms with E-state index in [1.54, 1.807) is 0 Å². The standard InChI is InChI=1S/C14H19ClO2/c1-10-6-12(9-13(15)7-10)14(16)8-11-2-4-17-5-3-11/h6-7,9,11,14,16H,2-5,8H2,1H3. The van der Waals surface area contributed by atoms with Crippen molar-refractivity contribution in [2.45, 2.75) is 32.3 Å². The van der Waals surface area contributed by atoms with Gasteiger partial charge in [0.05, 0.1) is 6.10 Å². The van der Waals surface area contributed by atoms with Crippen LogP contribution >= 0.6 is 11.6 Å². The number of aryl methyl sites for hydroxylation is 1. The van der Waals surface area contributed by atoms with E-state index < -0.39 is 6.10 Å². The Bertz CT molecular complexity index is 352. The Labute approximate surface area is 108 Å². The fraction of sp³-hybridized carbons (Fsp3) is 0.571. The van der Waals surface area contributed by atoms with Gasteiger partial charge in [-0.3, -0.25) is 0 Å². The molecule has 1 N–H and O–H groups in total. The molecule has 0 aliphatic carbocycles. The van der Waals surface area contributed by atoms with E-state index in [4.69, 9.17) is 16.3 Å². The van der Waals surface area contributed by atoms with Crippen LogP contribution in [0.1, 0.15) is 36.5 Å². The van der Waals surface area contributed by atoms with E-state index in [0.29, 0.717) is 10.9 Å². The van der Waals surface area contributed by atoms with Crippen LogP contribution in [0.15, 0.2) is 18.2 Å². The molecule has 0 radical (unpaired) electrons. The van der Waals surface area contributed by atoms with E-state index in [-0.39, 0.29) is 0 Å². The molecule has 0 amide bonds. The van der Waals surface area contributed by atoms with Gasteiger partial charge >= 0.3 is 0 Å². The van der Waals surface area contributed by atoms with Crippen molar-refractivity contribution in [1.29, 1.82) is 0 Å². The summed E-state index contributed by atoms with van der Waals surface area (Å²) >= 11 is 6.01. The van der Waals surface area contributed by atoms with Crippen LogP contribution in [0, 0.1) is 12.8 Å². The van der Waals surface area contributed by atoms with Crippen LogP contribution in [-0.4, -0.2) is 18.3 Å². The van der Waals surface area contributed by atoms with E-state index in [9.17, 15) is 5.11 Å². The Hall–Kier alpha value is -0.570. The highest BCUT2D eigenvalue weighted by Gasteiger charge is 2.19. The third-order valence-corrected chi connectivity index (χ3v) is 3.56. The number of rotatable bonds is 3. The predicted octanol–water partition coefficient (Wildman–Crippen LogP) is 3.50. The molecule has 1 saturated heterocycles. The fourth-order valence-electron chi connectivity index (χ4n) is 2.39. The average Bonchev–Trinajstić information content (AvgIpc) is 2.29. The molecule has 1 unspecified atom stereocenters. The van der Waals surface area contributed by atoms with E-state index in [1.165, 1.54) is 0 Å². The monoisotopic (exact) mass is 254 g/mol. The number of hydrogen-bond acceptors (Lipinski definition) is 2. The van der Waals surface area contributed by atoms with E-state index in [0.717, 1.165) is 43.6 Å². The lowest BCUT2D eigenvalue weighted by Crippen LogP contribution is -2.18. The van der Waals surface area contributed by atoms with Gasteiger partial charge in [0.2, 0.25) is 0 Å². The molecule has 2 rings (SSSR count). The molecule has 17 heavy (non-hydrogen) atoms. The number of benzene rings is 1. The zero-order valence-electron chi connectivity index (χ0n) is 10.2. The first-order chi connectivity index (χ1) is 8.15. The molecule has 1 heterocycles. The number of aliphatic hydroxyl groups excluding tert-OH is 1. The summed E-state index contributed by atoms with van der Waals surface area (Å²) in [6.45, 7) is 3.65. The molecule has 94 valence electrons. The maximum absolute atomic E-state index is 10.2. The molecule has 0 aromatic heterocycles. The largest absolute Gasteiger partial charge is 0.388 e. The normalized spacial score (nSPS) is 19.2. The Balaban J connectivity index is 2.00. The molecule has 0 spiro atoms. The molecular weight excluding hydrogens is 236 g/mol. The minimum absolute atomic E-state index is 0.407. The Morgan fingerprint density at radius 3 is 2.71 bits per heavy atom. The molecule has 1 aromatic rings. The van der Waals surface area contributed by atoms with Crippen LogP contribution < -0.4 is 0 Å². The van der Waals surface area contributed by atoms with Crippen molar-refractivity contribution in [2.24, 2.45) is 5.92 Å². The first-order valence-corrected chi connectivity index (χ1v) is 6.56. The third-order valence-electron chi connectivity index (χ3n) is 3.35. The van der Waals surface area contributed by atoms with Crippen LogP contribution in [0.4, 0.5) is 0 Å². The van der Waals surface area contributed by atoms with Gasteiger partial charge in [-0.25, -0.2) is 0 Å². The van der Waals surface area contributed by atoms with Crippen molar-refractivity contribution in [3.63, 3.8) is 0 Å². The van der Waals surface area contributed by atoms with Gasteiger partial charge in [0.25, 0.3) is 0 Å². The van der Waals surface area contributed by atoms with E-state index in [2.05, 4.69) is 0 Å². The van der Waals surface area contributed by atoms with Crippen LogP contribution in [0.25, 0.3) is 0 Å². The summed E-state index contributed by atoms with van der Waals surface area (Å²) in [5.41, 5.74) is 2.03. The summed E-state index contributed by atoms with van der Waals surface area (Å²) in [4.78, 5) is 0. The summed E-state index contributed by atoms with van der Waals surface area (Å²) in [5, 5.41) is 10.9. The van der Waals surface area contributed by atoms with Crippen molar-refractivity contribution in [1.82, 2.24) is 0 Å². The fourth-order valence-corrected chi connectivity index (χ4v) is 2.69. The van der Waals surface area contributed by atoms with Gasteiger partial charge in [0.1, 0.15) is 0 Å². The van der Waals surface area contributed by atoms with Crippen LogP contribution in [0.5, 0.6) is 0 Å². The molecule has 1 aliphatic rings. The Morgan fingerprint density at radius 1 is 1.35 bits per heavy atom. The SMILES string of the molecule is Cc1cc(Cl)cc(C(O)CC2CCOCC2)c1. The van der Waals surface area contributed by atoms with E-state index >= 15 is 0 Å². The second-order valence-corrected chi connectivity index (χ2v) is 5.31. The number of hydrogen-bond donors (Lipinski definition) is 1. The lowest BCUT2D eigenvalue weighted by Gasteiger charge is -2.24. The quantitative estimate of drug-likeness (QED) is 0.895. The number of ether oxygens (including phenoxy) is 1. The number of halogens is 1. The van der Waals surface area contributed by atoms with Gasteiger partial charge in [0, 0.05) is 18.2 Å². The van der Waals surface area contributed by atoms with Crippen LogP contribution in [-0.2, 0) is 4.74 Å². The second-order valence-electron chi connectivity index (χ2n) is 4.87. The molecule has 0 saturated carbocycles. The van der Waals surface area contributed by atoms with Crippen LogP contribution in [0.3, 0.4) is 0 Å². The van der Waals surface area contributed by atoms with E-state index in [1.807, 2.05) is 25.1 Å². The van der Waals surface area contributed by atoms with Gasteiger partial charge in [-0.1, -0.05) is 17.7 Å². The summed E-state index contributed by atoms with van der Waals surface area (Å²) in [7, 11) is 0. The Kier molecular flexibility index (Phi) is 4.43. The highest BCUT2D eigenvalue weighted by atomic mass is 35.5. The molecule has 1 aromatic carbocycles. The first-order valence-electron chi connectivity index (χ1n) is 6.18. The first kappa shape index (κ1) is 12.9. The molecule has 3 heteroatoms. The topological polar surface area (TPSA) is 29.5 Å². The van der Waals surface area contributed by atoms with Gasteiger partial charge in [-0.05, 0) is 55.4 Å². The maximum Gasteiger partial charge on any atom is 0.0793 e. The van der Waals surface area contributed by atoms with Crippen molar-refractivity contribution < 1.29 is 9.84 Å². The van der Waals surface area contributed by atoms with Crippen molar-refractivity contribution in [2.75, 3.05) is 13.2 Å². The second kappa shape index (κ2) is 5.85. The van der Waals surface area contributed by atoms with Crippen molar-refractivity contribution in [3.05, 3.63) is 34.3 Å². The zero-order chi connectivity index (χ0) is 12.3. The van der Waals surface area contributed by atoms with Gasteiger partial charge in [-0.2, -0.15) is 0 Å². The molecule has 0 bridgehead atoms. The summed E-state index contributed by atoms with van der Waals surface area (Å²) < 4.78 is 5.32. The third kappa shape index (κ3) is 3.70. The maximum atomic E-state index is 10.2. The minimum Gasteiger partial charge on any atom is -0.388 e. The van der Waals surface area contributed by atoms with Crippen molar-refractivity contribution in [3.8, 4) is 0 Å². The highest BCUT2D eigenvalue weighted by Crippen LogP contribution is 2.29. The lowest BCUT2D eigenvalue weighted by atomic mass is 9.90. The summed E-state index contributed by atoms with van der Waals surface area (Å²) in [5.74, 6) is 0.568. The highest BCUT2D eigenvalue weighted by molar-refractivity contribution is 6.30. The molecule has 1 atom stereocenters. The predicted molar refractivity (Wildman–Crippen MR) is 69.3 cm³/mol. The minimum atomic E-state index is -0.407. The Morgan fingerprint density at radius 2 is 2.06 bits per heavy atom. The lowest BCUT2D eigenvalue weighted by molar-refractivity contribution is 0.0435. The van der Waals surface area contributed by atoms with Gasteiger partial charge < -0.3 is 9.84 Å². The molecular formula is C14H19ClO2. The summed E-state index contributed by atoms with van der Waals surface area (Å²) in [6, 6.07) is 5.78. The molecule has 2 nitrogen and oxygen atoms in total.